The Morgan fingerprint density at radius 2 is 1.87 bits per heavy atom. The maximum absolute atomic E-state index is 11.9. The van der Waals surface area contributed by atoms with E-state index in [0.29, 0.717) is 5.96 Å². The third kappa shape index (κ3) is 10.2. The highest BCUT2D eigenvalue weighted by Crippen LogP contribution is 2.20. The highest BCUT2D eigenvalue weighted by Gasteiger charge is 2.17. The number of hydrogen-bond donors (Lipinski definition) is 3. The minimum atomic E-state index is -0.230. The van der Waals surface area contributed by atoms with Crippen molar-refractivity contribution < 1.29 is 4.79 Å². The third-order valence-electron chi connectivity index (χ3n) is 4.64. The summed E-state index contributed by atoms with van der Waals surface area (Å²) in [6.07, 6.45) is 1.02. The first kappa shape index (κ1) is 26.8. The van der Waals surface area contributed by atoms with Crippen LogP contribution in [0.1, 0.15) is 27.2 Å². The van der Waals surface area contributed by atoms with Gasteiger partial charge < -0.3 is 20.9 Å². The first-order valence-electron chi connectivity index (χ1n) is 10.3. The van der Waals surface area contributed by atoms with Gasteiger partial charge in [0.05, 0.1) is 6.54 Å². The largest absolute Gasteiger partial charge is 0.369 e. The molecule has 7 nitrogen and oxygen atoms in total. The van der Waals surface area contributed by atoms with Crippen molar-refractivity contribution in [1.29, 1.82) is 0 Å². The van der Waals surface area contributed by atoms with E-state index in [1.807, 2.05) is 39.0 Å². The van der Waals surface area contributed by atoms with Gasteiger partial charge in [-0.05, 0) is 51.9 Å². The summed E-state index contributed by atoms with van der Waals surface area (Å²) in [5, 5.41) is 10.0. The Hall–Kier alpha value is -1.26. The van der Waals surface area contributed by atoms with E-state index in [4.69, 9.17) is 11.6 Å². The number of halogens is 2. The molecule has 1 aliphatic heterocycles. The Morgan fingerprint density at radius 1 is 1.17 bits per heavy atom. The van der Waals surface area contributed by atoms with Crippen LogP contribution in [0.5, 0.6) is 0 Å². The minimum Gasteiger partial charge on any atom is -0.369 e. The van der Waals surface area contributed by atoms with Gasteiger partial charge in [0, 0.05) is 56.0 Å². The number of rotatable bonds is 7. The lowest BCUT2D eigenvalue weighted by Gasteiger charge is -2.36. The van der Waals surface area contributed by atoms with Crippen molar-refractivity contribution >= 4 is 53.1 Å². The normalized spacial score (nSPS) is 15.4. The van der Waals surface area contributed by atoms with E-state index >= 15 is 0 Å². The molecule has 1 fully saturated rings. The first-order chi connectivity index (χ1) is 13.8. The highest BCUT2D eigenvalue weighted by atomic mass is 127. The molecule has 0 aromatic heterocycles. The monoisotopic (exact) mass is 550 g/mol. The molecular formula is C21H36ClIN6O. The number of anilines is 1. The number of carbonyl (C=O) groups excluding carboxylic acids is 1. The van der Waals surface area contributed by atoms with Crippen LogP contribution < -0.4 is 20.9 Å². The number of piperazine rings is 1. The van der Waals surface area contributed by atoms with E-state index in [1.54, 1.807) is 7.05 Å². The van der Waals surface area contributed by atoms with Crippen LogP contribution in [0.15, 0.2) is 29.3 Å². The van der Waals surface area contributed by atoms with Crippen molar-refractivity contribution in [3.63, 3.8) is 0 Å². The Bertz CT molecular complexity index is 686. The molecule has 0 atom stereocenters. The molecule has 1 heterocycles. The third-order valence-corrected chi connectivity index (χ3v) is 4.88. The van der Waals surface area contributed by atoms with E-state index in [1.165, 1.54) is 5.69 Å². The van der Waals surface area contributed by atoms with Gasteiger partial charge in [0.2, 0.25) is 5.91 Å². The van der Waals surface area contributed by atoms with Gasteiger partial charge >= 0.3 is 0 Å². The predicted molar refractivity (Wildman–Crippen MR) is 137 cm³/mol. The molecule has 0 radical (unpaired) electrons. The molecule has 30 heavy (non-hydrogen) atoms. The van der Waals surface area contributed by atoms with E-state index in [2.05, 4.69) is 36.8 Å². The van der Waals surface area contributed by atoms with Crippen molar-refractivity contribution in [1.82, 2.24) is 20.9 Å². The number of nitrogens with one attached hydrogen (secondary N) is 3. The molecule has 170 valence electrons. The maximum atomic E-state index is 11.9. The zero-order valence-corrected chi connectivity index (χ0v) is 21.6. The van der Waals surface area contributed by atoms with Crippen LogP contribution in [0.2, 0.25) is 5.02 Å². The first-order valence-corrected chi connectivity index (χ1v) is 10.6. The number of aliphatic imine (C=N–C) groups is 1. The molecule has 2 rings (SSSR count). The number of hydrogen-bond acceptors (Lipinski definition) is 4. The fourth-order valence-corrected chi connectivity index (χ4v) is 3.44. The maximum Gasteiger partial charge on any atom is 0.239 e. The molecule has 1 aromatic rings. The number of nitrogens with zero attached hydrogens (tertiary/aromatic N) is 3. The van der Waals surface area contributed by atoms with Crippen LogP contribution >= 0.6 is 35.6 Å². The van der Waals surface area contributed by atoms with Crippen LogP contribution in [0.3, 0.4) is 0 Å². The SMILES string of the molecule is CN=C(NCCCN1CCN(c2cccc(Cl)c2)CC1)NCC(=O)NC(C)(C)C.I. The van der Waals surface area contributed by atoms with E-state index in [9.17, 15) is 4.79 Å². The standard InChI is InChI=1S/C21H35ClN6O.HI/c1-21(2,3)26-19(29)16-25-20(23-4)24-9-6-10-27-11-13-28(14-12-27)18-8-5-7-17(22)15-18;/h5,7-8,15H,6,9-14,16H2,1-4H3,(H,26,29)(H2,23,24,25);1H. The summed E-state index contributed by atoms with van der Waals surface area (Å²) >= 11 is 6.10. The predicted octanol–water partition coefficient (Wildman–Crippen LogP) is 2.55. The quantitative estimate of drug-likeness (QED) is 0.211. The second-order valence-corrected chi connectivity index (χ2v) is 8.75. The van der Waals surface area contributed by atoms with Crippen molar-refractivity contribution in [2.75, 3.05) is 57.8 Å². The van der Waals surface area contributed by atoms with Crippen molar-refractivity contribution in [3.05, 3.63) is 29.3 Å². The molecule has 3 N–H and O–H groups in total. The lowest BCUT2D eigenvalue weighted by molar-refractivity contribution is -0.121. The van der Waals surface area contributed by atoms with Crippen LogP contribution in [0.4, 0.5) is 5.69 Å². The summed E-state index contributed by atoms with van der Waals surface area (Å²) in [4.78, 5) is 20.9. The fourth-order valence-electron chi connectivity index (χ4n) is 3.26. The lowest BCUT2D eigenvalue weighted by atomic mass is 10.1. The van der Waals surface area contributed by atoms with Crippen molar-refractivity contribution in [2.45, 2.75) is 32.7 Å². The van der Waals surface area contributed by atoms with Gasteiger partial charge in [-0.2, -0.15) is 0 Å². The van der Waals surface area contributed by atoms with Crippen molar-refractivity contribution in [3.8, 4) is 0 Å². The molecule has 1 aromatic carbocycles. The lowest BCUT2D eigenvalue weighted by Crippen LogP contribution is -2.49. The van der Waals surface area contributed by atoms with Crippen LogP contribution in [0, 0.1) is 0 Å². The van der Waals surface area contributed by atoms with Gasteiger partial charge in [0.15, 0.2) is 5.96 Å². The molecule has 1 amide bonds. The Labute approximate surface area is 203 Å². The zero-order chi connectivity index (χ0) is 21.3. The topological polar surface area (TPSA) is 72.0 Å². The summed E-state index contributed by atoms with van der Waals surface area (Å²) < 4.78 is 0. The number of guanidine groups is 1. The van der Waals surface area contributed by atoms with Gasteiger partial charge in [-0.15, -0.1) is 24.0 Å². The average molecular weight is 551 g/mol. The molecule has 9 heteroatoms. The molecular weight excluding hydrogens is 515 g/mol. The Balaban J connectivity index is 0.00000450. The second kappa shape index (κ2) is 13.2. The second-order valence-electron chi connectivity index (χ2n) is 8.31. The summed E-state index contributed by atoms with van der Waals surface area (Å²) in [5.74, 6) is 0.609. The number of carbonyl (C=O) groups is 1. The smallest absolute Gasteiger partial charge is 0.239 e. The molecule has 0 saturated carbocycles. The Kier molecular flexibility index (Phi) is 11.8. The molecule has 1 aliphatic rings. The van der Waals surface area contributed by atoms with Gasteiger partial charge in [0.1, 0.15) is 0 Å². The molecule has 0 unspecified atom stereocenters. The van der Waals surface area contributed by atoms with Crippen LogP contribution in [-0.2, 0) is 4.79 Å². The van der Waals surface area contributed by atoms with Crippen LogP contribution in [0.25, 0.3) is 0 Å². The van der Waals surface area contributed by atoms with Gasteiger partial charge in [-0.1, -0.05) is 17.7 Å². The summed E-state index contributed by atoms with van der Waals surface area (Å²) in [5.41, 5.74) is 0.969. The zero-order valence-electron chi connectivity index (χ0n) is 18.5. The Morgan fingerprint density at radius 3 is 2.47 bits per heavy atom. The highest BCUT2D eigenvalue weighted by molar-refractivity contribution is 14.0. The van der Waals surface area contributed by atoms with E-state index in [0.717, 1.165) is 50.7 Å². The summed E-state index contributed by atoms with van der Waals surface area (Å²) in [6.45, 7) is 12.1. The average Bonchev–Trinajstić information content (AvgIpc) is 2.66. The fraction of sp³-hybridized carbons (Fsp3) is 0.619. The van der Waals surface area contributed by atoms with Gasteiger partial charge in [-0.25, -0.2) is 0 Å². The van der Waals surface area contributed by atoms with E-state index < -0.39 is 0 Å². The van der Waals surface area contributed by atoms with E-state index in [-0.39, 0.29) is 42.0 Å². The molecule has 0 spiro atoms. The summed E-state index contributed by atoms with van der Waals surface area (Å²) in [7, 11) is 1.71. The number of amides is 1. The van der Waals surface area contributed by atoms with Gasteiger partial charge in [0.25, 0.3) is 0 Å². The van der Waals surface area contributed by atoms with Crippen molar-refractivity contribution in [2.24, 2.45) is 4.99 Å². The van der Waals surface area contributed by atoms with Gasteiger partial charge in [-0.3, -0.25) is 14.7 Å². The number of benzene rings is 1. The summed E-state index contributed by atoms with van der Waals surface area (Å²) in [6, 6.07) is 8.06. The molecule has 0 aliphatic carbocycles. The van der Waals surface area contributed by atoms with Crippen LogP contribution in [-0.4, -0.2) is 75.2 Å². The minimum absolute atomic E-state index is 0. The molecule has 1 saturated heterocycles. The molecule has 0 bridgehead atoms.